The molecule has 2 heterocycles. The first-order chi connectivity index (χ1) is 6.72. The highest BCUT2D eigenvalue weighted by Crippen LogP contribution is 2.03. The van der Waals surface area contributed by atoms with Gasteiger partial charge in [0.05, 0.1) is 0 Å². The Hall–Kier alpha value is -2.05. The second-order valence-corrected chi connectivity index (χ2v) is 2.75. The summed E-state index contributed by atoms with van der Waals surface area (Å²) < 4.78 is 1.57. The first-order valence-corrected chi connectivity index (χ1v) is 4.19. The van der Waals surface area contributed by atoms with Crippen molar-refractivity contribution in [3.05, 3.63) is 16.7 Å². The molecule has 0 spiro atoms. The first kappa shape index (κ1) is 8.54. The van der Waals surface area contributed by atoms with Crippen LogP contribution >= 0.6 is 0 Å². The third-order valence-electron chi connectivity index (χ3n) is 1.75. The number of aromatic nitrogens is 4. The maximum Gasteiger partial charge on any atom is 0.280 e. The van der Waals surface area contributed by atoms with Crippen molar-refractivity contribution in [2.24, 2.45) is 0 Å². The molecule has 2 aromatic rings. The van der Waals surface area contributed by atoms with Gasteiger partial charge in [0, 0.05) is 6.54 Å². The number of nitrogens with one attached hydrogen (secondary N) is 2. The number of hydrogen-bond acceptors (Lipinski definition) is 5. The Morgan fingerprint density at radius 3 is 3.21 bits per heavy atom. The van der Waals surface area contributed by atoms with Crippen LogP contribution < -0.4 is 16.7 Å². The average Bonchev–Trinajstić information content (AvgIpc) is 2.49. The minimum Gasteiger partial charge on any atom is -0.369 e. The average molecular weight is 194 g/mol. The minimum atomic E-state index is -0.329. The molecule has 0 amide bonds. The molecule has 0 bridgehead atoms. The van der Waals surface area contributed by atoms with Crippen LogP contribution in [0, 0.1) is 0 Å². The second-order valence-electron chi connectivity index (χ2n) is 2.75. The van der Waals surface area contributed by atoms with Crippen molar-refractivity contribution in [2.75, 3.05) is 17.7 Å². The summed E-state index contributed by atoms with van der Waals surface area (Å²) in [7, 11) is 0. The predicted octanol–water partition coefficient (Wildman–Crippen LogP) is -0.735. The zero-order valence-electron chi connectivity index (χ0n) is 7.61. The van der Waals surface area contributed by atoms with Crippen LogP contribution in [0.4, 0.5) is 5.95 Å². The van der Waals surface area contributed by atoms with E-state index in [0.717, 1.165) is 0 Å². The van der Waals surface area contributed by atoms with Gasteiger partial charge < -0.3 is 11.2 Å². The van der Waals surface area contributed by atoms with Crippen LogP contribution in [-0.2, 0) is 0 Å². The van der Waals surface area contributed by atoms with Crippen LogP contribution in [0.5, 0.6) is 0 Å². The topological polar surface area (TPSA) is 102 Å². The second kappa shape index (κ2) is 3.02. The third-order valence-corrected chi connectivity index (χ3v) is 1.75. The van der Waals surface area contributed by atoms with Crippen LogP contribution in [0.3, 0.4) is 0 Å². The summed E-state index contributed by atoms with van der Waals surface area (Å²) in [5.74, 6) is 0.0853. The molecule has 0 aromatic carbocycles. The fraction of sp³-hybridized carbons (Fsp3) is 0.286. The van der Waals surface area contributed by atoms with E-state index in [9.17, 15) is 4.79 Å². The number of imidazole rings is 1. The van der Waals surface area contributed by atoms with E-state index in [0.29, 0.717) is 12.2 Å². The highest BCUT2D eigenvalue weighted by molar-refractivity contribution is 5.70. The zero-order valence-corrected chi connectivity index (χ0v) is 7.61. The van der Waals surface area contributed by atoms with Crippen molar-refractivity contribution in [1.29, 1.82) is 0 Å². The van der Waals surface area contributed by atoms with Crippen molar-refractivity contribution >= 4 is 17.1 Å². The number of aromatic amines is 1. The zero-order chi connectivity index (χ0) is 10.1. The van der Waals surface area contributed by atoms with Gasteiger partial charge in [0.15, 0.2) is 11.2 Å². The van der Waals surface area contributed by atoms with E-state index in [1.165, 1.54) is 6.33 Å². The van der Waals surface area contributed by atoms with Crippen molar-refractivity contribution < 1.29 is 0 Å². The quantitative estimate of drug-likeness (QED) is 0.584. The Balaban J connectivity index is 2.72. The van der Waals surface area contributed by atoms with Gasteiger partial charge in [-0.2, -0.15) is 4.98 Å². The summed E-state index contributed by atoms with van der Waals surface area (Å²) in [6.07, 6.45) is 1.50. The van der Waals surface area contributed by atoms with Crippen LogP contribution in [0.2, 0.25) is 0 Å². The van der Waals surface area contributed by atoms with Gasteiger partial charge in [0.25, 0.3) is 5.56 Å². The van der Waals surface area contributed by atoms with Crippen LogP contribution in [0.1, 0.15) is 6.92 Å². The van der Waals surface area contributed by atoms with Gasteiger partial charge in [-0.25, -0.2) is 9.66 Å². The molecule has 4 N–H and O–H groups in total. The summed E-state index contributed by atoms with van der Waals surface area (Å²) in [4.78, 5) is 21.6. The monoisotopic (exact) mass is 194 g/mol. The number of rotatable bonds is 2. The van der Waals surface area contributed by atoms with Gasteiger partial charge in [-0.1, -0.05) is 0 Å². The standard InChI is InChI=1S/C7H10N6O/c1-2-10-13-3-9-4-5(13)11-7(8)12-6(4)14/h3,10H,2H2,1H3,(H3,8,11,12,14). The Morgan fingerprint density at radius 2 is 2.50 bits per heavy atom. The molecule has 0 aliphatic rings. The van der Waals surface area contributed by atoms with Gasteiger partial charge in [-0.05, 0) is 6.92 Å². The highest BCUT2D eigenvalue weighted by atomic mass is 16.1. The van der Waals surface area contributed by atoms with Gasteiger partial charge in [-0.15, -0.1) is 0 Å². The first-order valence-electron chi connectivity index (χ1n) is 4.19. The summed E-state index contributed by atoms with van der Waals surface area (Å²) in [6, 6.07) is 0. The van der Waals surface area contributed by atoms with Crippen LogP contribution in [0.25, 0.3) is 11.2 Å². The van der Waals surface area contributed by atoms with Crippen LogP contribution in [-0.4, -0.2) is 26.2 Å². The molecular weight excluding hydrogens is 184 g/mol. The van der Waals surface area contributed by atoms with Gasteiger partial charge in [0.1, 0.15) is 6.33 Å². The number of fused-ring (bicyclic) bond motifs is 1. The number of nitrogen functional groups attached to an aromatic ring is 1. The van der Waals surface area contributed by atoms with E-state index >= 15 is 0 Å². The summed E-state index contributed by atoms with van der Waals surface area (Å²) in [5, 5.41) is 0. The molecule has 2 rings (SSSR count). The molecule has 74 valence electrons. The van der Waals surface area contributed by atoms with Crippen molar-refractivity contribution in [1.82, 2.24) is 19.6 Å². The van der Waals surface area contributed by atoms with E-state index in [1.54, 1.807) is 4.68 Å². The molecule has 0 unspecified atom stereocenters. The van der Waals surface area contributed by atoms with Gasteiger partial charge in [-0.3, -0.25) is 9.78 Å². The molecule has 14 heavy (non-hydrogen) atoms. The maximum atomic E-state index is 11.3. The van der Waals surface area contributed by atoms with Crippen molar-refractivity contribution in [3.63, 3.8) is 0 Å². The number of H-pyrrole nitrogens is 1. The normalized spacial score (nSPS) is 10.6. The summed E-state index contributed by atoms with van der Waals surface area (Å²) >= 11 is 0. The molecule has 2 aromatic heterocycles. The third kappa shape index (κ3) is 1.18. The molecule has 0 atom stereocenters. The van der Waals surface area contributed by atoms with E-state index in [1.807, 2.05) is 6.92 Å². The SMILES string of the molecule is CCNn1cnc2c(=O)[nH]c(N)nc21. The lowest BCUT2D eigenvalue weighted by molar-refractivity contribution is 0.876. The van der Waals surface area contributed by atoms with E-state index in [2.05, 4.69) is 20.4 Å². The number of nitrogens with zero attached hydrogens (tertiary/aromatic N) is 3. The fourth-order valence-corrected chi connectivity index (χ4v) is 1.21. The minimum absolute atomic E-state index is 0.0853. The fourth-order valence-electron chi connectivity index (χ4n) is 1.21. The molecule has 7 nitrogen and oxygen atoms in total. The number of nitrogens with two attached hydrogens (primary N) is 1. The van der Waals surface area contributed by atoms with E-state index < -0.39 is 0 Å². The molecule has 0 saturated carbocycles. The maximum absolute atomic E-state index is 11.3. The molecular formula is C7H10N6O. The smallest absolute Gasteiger partial charge is 0.280 e. The van der Waals surface area contributed by atoms with E-state index in [-0.39, 0.29) is 17.0 Å². The molecule has 0 fully saturated rings. The van der Waals surface area contributed by atoms with E-state index in [4.69, 9.17) is 5.73 Å². The molecule has 7 heteroatoms. The largest absolute Gasteiger partial charge is 0.369 e. The lowest BCUT2D eigenvalue weighted by atomic mass is 10.5. The lowest BCUT2D eigenvalue weighted by Crippen LogP contribution is -2.16. The van der Waals surface area contributed by atoms with Crippen molar-refractivity contribution in [3.8, 4) is 0 Å². The summed E-state index contributed by atoms with van der Waals surface area (Å²) in [5.41, 5.74) is 8.77. The predicted molar refractivity (Wildman–Crippen MR) is 52.5 cm³/mol. The number of anilines is 1. The Labute approximate surface area is 78.9 Å². The molecule has 0 radical (unpaired) electrons. The number of hydrogen-bond donors (Lipinski definition) is 3. The lowest BCUT2D eigenvalue weighted by Gasteiger charge is -2.03. The highest BCUT2D eigenvalue weighted by Gasteiger charge is 2.07. The Bertz CT molecular complexity index is 512. The molecule has 0 aliphatic heterocycles. The van der Waals surface area contributed by atoms with Crippen LogP contribution in [0.15, 0.2) is 11.1 Å². The Kier molecular flexibility index (Phi) is 1.84. The molecule has 0 aliphatic carbocycles. The van der Waals surface area contributed by atoms with Crippen molar-refractivity contribution in [2.45, 2.75) is 6.92 Å². The molecule has 0 saturated heterocycles. The Morgan fingerprint density at radius 1 is 1.71 bits per heavy atom. The summed E-state index contributed by atoms with van der Waals surface area (Å²) in [6.45, 7) is 2.64. The van der Waals surface area contributed by atoms with Gasteiger partial charge in [0.2, 0.25) is 5.95 Å². The van der Waals surface area contributed by atoms with Gasteiger partial charge >= 0.3 is 0 Å².